The van der Waals surface area contributed by atoms with E-state index in [1.165, 1.54) is 4.57 Å². The number of aromatic nitrogens is 1. The van der Waals surface area contributed by atoms with Gasteiger partial charge in [-0.2, -0.15) is 0 Å². The third kappa shape index (κ3) is 1.41. The molecular weight excluding hydrogens is 186 g/mol. The Morgan fingerprint density at radius 3 is 2.57 bits per heavy atom. The Bertz CT molecular complexity index is 406. The van der Waals surface area contributed by atoms with Crippen molar-refractivity contribution in [1.82, 2.24) is 4.57 Å². The van der Waals surface area contributed by atoms with Crippen molar-refractivity contribution in [2.75, 3.05) is 0 Å². The van der Waals surface area contributed by atoms with E-state index in [2.05, 4.69) is 5.16 Å². The Kier molecular flexibility index (Phi) is 2.46. The Morgan fingerprint density at radius 1 is 1.64 bits per heavy atom. The van der Waals surface area contributed by atoms with E-state index in [-0.39, 0.29) is 11.5 Å². The van der Waals surface area contributed by atoms with E-state index in [9.17, 15) is 4.79 Å². The van der Waals surface area contributed by atoms with E-state index in [1.54, 1.807) is 20.0 Å². The van der Waals surface area contributed by atoms with Gasteiger partial charge in [0.2, 0.25) is 0 Å². The molecule has 1 heterocycles. The molecule has 0 atom stereocenters. The van der Waals surface area contributed by atoms with Crippen LogP contribution in [-0.2, 0) is 7.05 Å². The molecular formula is C8H11N3O3. The molecule has 0 fully saturated rings. The summed E-state index contributed by atoms with van der Waals surface area (Å²) in [5.74, 6) is -1.15. The summed E-state index contributed by atoms with van der Waals surface area (Å²) >= 11 is 0. The maximum absolute atomic E-state index is 10.8. The molecule has 1 aromatic rings. The van der Waals surface area contributed by atoms with Crippen molar-refractivity contribution in [1.29, 1.82) is 0 Å². The number of amidine groups is 1. The topological polar surface area (TPSA) is 101 Å². The zero-order chi connectivity index (χ0) is 10.9. The molecule has 4 N–H and O–H groups in total. The van der Waals surface area contributed by atoms with Gasteiger partial charge < -0.3 is 20.6 Å². The van der Waals surface area contributed by atoms with Gasteiger partial charge in [-0.1, -0.05) is 5.16 Å². The lowest BCUT2D eigenvalue weighted by Gasteiger charge is -2.02. The molecule has 0 spiro atoms. The van der Waals surface area contributed by atoms with Crippen molar-refractivity contribution in [3.8, 4) is 0 Å². The van der Waals surface area contributed by atoms with Gasteiger partial charge in [0.15, 0.2) is 5.84 Å². The molecule has 1 rings (SSSR count). The molecule has 6 heteroatoms. The van der Waals surface area contributed by atoms with Crippen molar-refractivity contribution in [3.05, 3.63) is 23.0 Å². The SMILES string of the molecule is Cc1cc(/C(N)=N\O)n(C)c1C(=O)O. The molecule has 14 heavy (non-hydrogen) atoms. The molecule has 0 saturated heterocycles. The molecule has 6 nitrogen and oxygen atoms in total. The van der Waals surface area contributed by atoms with Crippen LogP contribution in [0.3, 0.4) is 0 Å². The number of hydrogen-bond donors (Lipinski definition) is 3. The fraction of sp³-hybridized carbons (Fsp3) is 0.250. The van der Waals surface area contributed by atoms with E-state index in [1.807, 2.05) is 0 Å². The van der Waals surface area contributed by atoms with Crippen molar-refractivity contribution in [3.63, 3.8) is 0 Å². The van der Waals surface area contributed by atoms with Crippen LogP contribution in [0.5, 0.6) is 0 Å². The molecule has 0 aromatic carbocycles. The molecule has 0 saturated carbocycles. The fourth-order valence-corrected chi connectivity index (χ4v) is 1.36. The molecule has 0 radical (unpaired) electrons. The predicted molar refractivity (Wildman–Crippen MR) is 49.6 cm³/mol. The first kappa shape index (κ1) is 10.1. The molecule has 0 aliphatic carbocycles. The number of carbonyl (C=O) groups is 1. The lowest BCUT2D eigenvalue weighted by atomic mass is 10.2. The summed E-state index contributed by atoms with van der Waals surface area (Å²) in [7, 11) is 1.55. The zero-order valence-electron chi connectivity index (χ0n) is 7.85. The van der Waals surface area contributed by atoms with Gasteiger partial charge in [-0.15, -0.1) is 0 Å². The van der Waals surface area contributed by atoms with Crippen molar-refractivity contribution >= 4 is 11.8 Å². The van der Waals surface area contributed by atoms with Crippen LogP contribution in [0.25, 0.3) is 0 Å². The van der Waals surface area contributed by atoms with E-state index in [0.29, 0.717) is 11.3 Å². The summed E-state index contributed by atoms with van der Waals surface area (Å²) in [6, 6.07) is 1.55. The van der Waals surface area contributed by atoms with Gasteiger partial charge in [0.25, 0.3) is 0 Å². The first-order valence-electron chi connectivity index (χ1n) is 3.86. The maximum Gasteiger partial charge on any atom is 0.352 e. The average Bonchev–Trinajstić information content (AvgIpc) is 2.40. The van der Waals surface area contributed by atoms with Crippen LogP contribution in [0.4, 0.5) is 0 Å². The standard InChI is InChI=1S/C8H11N3O3/c1-4-3-5(7(9)10-14)11(2)6(4)8(12)13/h3,14H,1-2H3,(H2,9,10)(H,12,13). The minimum Gasteiger partial charge on any atom is -0.477 e. The molecule has 0 aliphatic heterocycles. The first-order chi connectivity index (χ1) is 6.49. The van der Waals surface area contributed by atoms with Gasteiger partial charge in [0.1, 0.15) is 5.69 Å². The van der Waals surface area contributed by atoms with Crippen LogP contribution in [0.2, 0.25) is 0 Å². The first-order valence-corrected chi connectivity index (χ1v) is 3.86. The second kappa shape index (κ2) is 3.41. The number of aryl methyl sites for hydroxylation is 1. The Hall–Kier alpha value is -1.98. The number of carboxylic acids is 1. The van der Waals surface area contributed by atoms with Crippen LogP contribution in [0, 0.1) is 6.92 Å². The van der Waals surface area contributed by atoms with E-state index < -0.39 is 5.97 Å². The maximum atomic E-state index is 10.8. The highest BCUT2D eigenvalue weighted by Crippen LogP contribution is 2.13. The molecule has 1 aromatic heterocycles. The third-order valence-electron chi connectivity index (χ3n) is 2.00. The van der Waals surface area contributed by atoms with E-state index >= 15 is 0 Å². The molecule has 0 aliphatic rings. The van der Waals surface area contributed by atoms with Crippen LogP contribution >= 0.6 is 0 Å². The summed E-state index contributed by atoms with van der Waals surface area (Å²) in [5.41, 5.74) is 6.44. The molecule has 76 valence electrons. The van der Waals surface area contributed by atoms with Crippen LogP contribution in [-0.4, -0.2) is 26.7 Å². The smallest absolute Gasteiger partial charge is 0.352 e. The minimum absolute atomic E-state index is 0.108. The predicted octanol–water partition coefficient (Wildman–Crippen LogP) is 0.126. The number of carboxylic acid groups (broad SMARTS) is 1. The highest BCUT2D eigenvalue weighted by molar-refractivity contribution is 5.98. The van der Waals surface area contributed by atoms with E-state index in [0.717, 1.165) is 0 Å². The quantitative estimate of drug-likeness (QED) is 0.271. The van der Waals surface area contributed by atoms with Crippen LogP contribution in [0.1, 0.15) is 21.7 Å². The fourth-order valence-electron chi connectivity index (χ4n) is 1.36. The van der Waals surface area contributed by atoms with E-state index in [4.69, 9.17) is 16.0 Å². The summed E-state index contributed by atoms with van der Waals surface area (Å²) in [5, 5.41) is 20.1. The lowest BCUT2D eigenvalue weighted by molar-refractivity contribution is 0.0685. The van der Waals surface area contributed by atoms with Gasteiger partial charge in [-0.05, 0) is 18.6 Å². The monoisotopic (exact) mass is 197 g/mol. The number of rotatable bonds is 2. The summed E-state index contributed by atoms with van der Waals surface area (Å²) in [6.45, 7) is 1.65. The second-order valence-corrected chi connectivity index (χ2v) is 2.91. The summed E-state index contributed by atoms with van der Waals surface area (Å²) < 4.78 is 1.37. The van der Waals surface area contributed by atoms with Gasteiger partial charge in [0.05, 0.1) is 5.69 Å². The number of aromatic carboxylic acids is 1. The molecule has 0 bridgehead atoms. The zero-order valence-corrected chi connectivity index (χ0v) is 7.85. The number of nitrogens with two attached hydrogens (primary N) is 1. The van der Waals surface area contributed by atoms with Gasteiger partial charge in [-0.25, -0.2) is 4.79 Å². The summed E-state index contributed by atoms with van der Waals surface area (Å²) in [6.07, 6.45) is 0. The Balaban J connectivity index is 3.38. The minimum atomic E-state index is -1.04. The van der Waals surface area contributed by atoms with Gasteiger partial charge >= 0.3 is 5.97 Å². The Morgan fingerprint density at radius 2 is 2.21 bits per heavy atom. The largest absolute Gasteiger partial charge is 0.477 e. The number of oxime groups is 1. The van der Waals surface area contributed by atoms with Crippen LogP contribution < -0.4 is 5.73 Å². The third-order valence-corrected chi connectivity index (χ3v) is 2.00. The lowest BCUT2D eigenvalue weighted by Crippen LogP contribution is -2.18. The summed E-state index contributed by atoms with van der Waals surface area (Å²) in [4.78, 5) is 10.8. The average molecular weight is 197 g/mol. The molecule has 0 amide bonds. The number of hydrogen-bond acceptors (Lipinski definition) is 3. The normalized spacial score (nSPS) is 11.7. The second-order valence-electron chi connectivity index (χ2n) is 2.91. The number of nitrogens with zero attached hydrogens (tertiary/aromatic N) is 2. The molecule has 0 unspecified atom stereocenters. The van der Waals surface area contributed by atoms with Crippen molar-refractivity contribution in [2.45, 2.75) is 6.92 Å². The van der Waals surface area contributed by atoms with Gasteiger partial charge in [0, 0.05) is 7.05 Å². The van der Waals surface area contributed by atoms with Gasteiger partial charge in [-0.3, -0.25) is 0 Å². The van der Waals surface area contributed by atoms with Crippen molar-refractivity contribution in [2.24, 2.45) is 17.9 Å². The Labute approximate surface area is 80.2 Å². The highest BCUT2D eigenvalue weighted by atomic mass is 16.4. The van der Waals surface area contributed by atoms with Crippen LogP contribution in [0.15, 0.2) is 11.2 Å². The van der Waals surface area contributed by atoms with Crippen molar-refractivity contribution < 1.29 is 15.1 Å². The highest BCUT2D eigenvalue weighted by Gasteiger charge is 2.17.